The first-order chi connectivity index (χ1) is 9.10. The summed E-state index contributed by atoms with van der Waals surface area (Å²) in [6.45, 7) is 4.21. The molecule has 3 unspecified atom stereocenters. The van der Waals surface area contributed by atoms with Crippen molar-refractivity contribution in [3.8, 4) is 0 Å². The molecule has 0 aliphatic heterocycles. The van der Waals surface area contributed by atoms with Crippen LogP contribution in [-0.4, -0.2) is 16.1 Å². The van der Waals surface area contributed by atoms with Gasteiger partial charge in [0.15, 0.2) is 0 Å². The Morgan fingerprint density at radius 3 is 2.89 bits per heavy atom. The van der Waals surface area contributed by atoms with Crippen LogP contribution in [0.15, 0.2) is 5.38 Å². The molecule has 4 heteroatoms. The Bertz CT molecular complexity index is 430. The molecule has 1 N–H and O–H groups in total. The lowest BCUT2D eigenvalue weighted by Crippen LogP contribution is -2.32. The van der Waals surface area contributed by atoms with Crippen LogP contribution in [0.1, 0.15) is 49.7 Å². The van der Waals surface area contributed by atoms with E-state index in [1.54, 1.807) is 11.3 Å². The molecular formula is C15H23NO2S. The first-order valence-corrected chi connectivity index (χ1v) is 8.12. The first kappa shape index (κ1) is 14.5. The van der Waals surface area contributed by atoms with Crippen LogP contribution in [0.2, 0.25) is 0 Å². The van der Waals surface area contributed by atoms with Crippen LogP contribution in [-0.2, 0) is 11.2 Å². The molecular weight excluding hydrogens is 258 g/mol. The summed E-state index contributed by atoms with van der Waals surface area (Å²) in [5.74, 6) is 0.200. The summed E-state index contributed by atoms with van der Waals surface area (Å²) in [4.78, 5) is 15.9. The van der Waals surface area contributed by atoms with Gasteiger partial charge in [0.1, 0.15) is 0 Å². The van der Waals surface area contributed by atoms with Crippen LogP contribution in [0.5, 0.6) is 0 Å². The maximum Gasteiger partial charge on any atom is 0.306 e. The van der Waals surface area contributed by atoms with Gasteiger partial charge >= 0.3 is 5.97 Å². The number of aryl methyl sites for hydroxylation is 1. The van der Waals surface area contributed by atoms with E-state index in [4.69, 9.17) is 0 Å². The van der Waals surface area contributed by atoms with Crippen molar-refractivity contribution in [1.29, 1.82) is 0 Å². The van der Waals surface area contributed by atoms with Crippen LogP contribution >= 0.6 is 11.3 Å². The standard InChI is InChI=1S/C15H23NO2S/c1-3-4-11-5-6-13(15(17)18)12(7-11)8-14-16-10(2)9-19-14/h9,11-13H,3-8H2,1-2H3,(H,17,18). The molecule has 1 saturated carbocycles. The van der Waals surface area contributed by atoms with Crippen molar-refractivity contribution in [2.45, 2.75) is 52.4 Å². The predicted molar refractivity (Wildman–Crippen MR) is 77.4 cm³/mol. The van der Waals surface area contributed by atoms with Gasteiger partial charge in [-0.15, -0.1) is 11.3 Å². The lowest BCUT2D eigenvalue weighted by molar-refractivity contribution is -0.145. The Hall–Kier alpha value is -0.900. The zero-order valence-electron chi connectivity index (χ0n) is 11.8. The number of carboxylic acid groups (broad SMARTS) is 1. The second-order valence-corrected chi connectivity index (χ2v) is 6.70. The number of thiazole rings is 1. The topological polar surface area (TPSA) is 50.2 Å². The SMILES string of the molecule is CCCC1CCC(C(=O)O)C(Cc2nc(C)cs2)C1. The molecule has 1 aromatic rings. The Labute approximate surface area is 119 Å². The molecule has 1 aliphatic rings. The number of carboxylic acids is 1. The van der Waals surface area contributed by atoms with Crippen LogP contribution < -0.4 is 0 Å². The molecule has 1 heterocycles. The zero-order chi connectivity index (χ0) is 13.8. The van der Waals surface area contributed by atoms with Gasteiger partial charge in [-0.25, -0.2) is 4.98 Å². The van der Waals surface area contributed by atoms with Crippen molar-refractivity contribution in [3.63, 3.8) is 0 Å². The highest BCUT2D eigenvalue weighted by Gasteiger charge is 2.35. The second-order valence-electron chi connectivity index (χ2n) is 5.76. The Morgan fingerprint density at radius 1 is 1.53 bits per heavy atom. The highest BCUT2D eigenvalue weighted by molar-refractivity contribution is 7.09. The summed E-state index contributed by atoms with van der Waals surface area (Å²) >= 11 is 1.67. The second kappa shape index (κ2) is 6.51. The summed E-state index contributed by atoms with van der Waals surface area (Å²) < 4.78 is 0. The molecule has 106 valence electrons. The van der Waals surface area contributed by atoms with E-state index in [-0.39, 0.29) is 11.8 Å². The van der Waals surface area contributed by atoms with E-state index >= 15 is 0 Å². The maximum atomic E-state index is 11.4. The third kappa shape index (κ3) is 3.78. The number of aliphatic carboxylic acids is 1. The van der Waals surface area contributed by atoms with E-state index in [0.29, 0.717) is 5.92 Å². The van der Waals surface area contributed by atoms with Crippen LogP contribution in [0, 0.1) is 24.7 Å². The number of hydrogen-bond acceptors (Lipinski definition) is 3. The minimum Gasteiger partial charge on any atom is -0.481 e. The molecule has 3 nitrogen and oxygen atoms in total. The van der Waals surface area contributed by atoms with Gasteiger partial charge in [-0.05, 0) is 38.0 Å². The molecule has 0 aromatic carbocycles. The van der Waals surface area contributed by atoms with Crippen molar-refractivity contribution in [3.05, 3.63) is 16.1 Å². The fraction of sp³-hybridized carbons (Fsp3) is 0.733. The van der Waals surface area contributed by atoms with E-state index in [9.17, 15) is 9.90 Å². The maximum absolute atomic E-state index is 11.4. The van der Waals surface area contributed by atoms with Gasteiger partial charge in [0.25, 0.3) is 0 Å². The van der Waals surface area contributed by atoms with Crippen molar-refractivity contribution in [2.75, 3.05) is 0 Å². The third-order valence-electron chi connectivity index (χ3n) is 4.21. The van der Waals surface area contributed by atoms with Gasteiger partial charge in [0.05, 0.1) is 10.9 Å². The van der Waals surface area contributed by atoms with Gasteiger partial charge in [-0.2, -0.15) is 0 Å². The van der Waals surface area contributed by atoms with Crippen LogP contribution in [0.4, 0.5) is 0 Å². The molecule has 0 amide bonds. The van der Waals surface area contributed by atoms with Crippen LogP contribution in [0.25, 0.3) is 0 Å². The molecule has 1 aromatic heterocycles. The molecule has 0 bridgehead atoms. The lowest BCUT2D eigenvalue weighted by Gasteiger charge is -2.33. The first-order valence-electron chi connectivity index (χ1n) is 7.24. The number of nitrogens with zero attached hydrogens (tertiary/aromatic N) is 1. The third-order valence-corrected chi connectivity index (χ3v) is 5.20. The van der Waals surface area contributed by atoms with Crippen molar-refractivity contribution >= 4 is 17.3 Å². The highest BCUT2D eigenvalue weighted by Crippen LogP contribution is 2.38. The van der Waals surface area contributed by atoms with Crippen LogP contribution in [0.3, 0.4) is 0 Å². The van der Waals surface area contributed by atoms with Crippen molar-refractivity contribution in [2.24, 2.45) is 17.8 Å². The number of carbonyl (C=O) groups is 1. The van der Waals surface area contributed by atoms with Crippen molar-refractivity contribution in [1.82, 2.24) is 4.98 Å². The molecule has 0 saturated heterocycles. The van der Waals surface area contributed by atoms with E-state index in [1.165, 1.54) is 12.8 Å². The molecule has 2 rings (SSSR count). The summed E-state index contributed by atoms with van der Waals surface area (Å²) in [7, 11) is 0. The lowest BCUT2D eigenvalue weighted by atomic mass is 9.71. The summed E-state index contributed by atoms with van der Waals surface area (Å²) in [6.07, 6.45) is 6.26. The molecule has 3 atom stereocenters. The van der Waals surface area contributed by atoms with Gasteiger partial charge in [0, 0.05) is 17.5 Å². The quantitative estimate of drug-likeness (QED) is 0.890. The monoisotopic (exact) mass is 281 g/mol. The van der Waals surface area contributed by atoms with Crippen molar-refractivity contribution < 1.29 is 9.90 Å². The Morgan fingerprint density at radius 2 is 2.32 bits per heavy atom. The Kier molecular flexibility index (Phi) is 4.97. The molecule has 0 spiro atoms. The van der Waals surface area contributed by atoms with Gasteiger partial charge < -0.3 is 5.11 Å². The minimum absolute atomic E-state index is 0.169. The summed E-state index contributed by atoms with van der Waals surface area (Å²) in [5.41, 5.74) is 1.05. The normalized spacial score (nSPS) is 27.4. The van der Waals surface area contributed by atoms with Gasteiger partial charge in [0.2, 0.25) is 0 Å². The van der Waals surface area contributed by atoms with Gasteiger partial charge in [-0.1, -0.05) is 19.8 Å². The van der Waals surface area contributed by atoms with E-state index in [0.717, 1.165) is 36.4 Å². The average Bonchev–Trinajstić information content (AvgIpc) is 2.75. The fourth-order valence-corrected chi connectivity index (χ4v) is 4.17. The summed E-state index contributed by atoms with van der Waals surface area (Å²) in [6, 6.07) is 0. The minimum atomic E-state index is -0.617. The van der Waals surface area contributed by atoms with E-state index < -0.39 is 5.97 Å². The number of aromatic nitrogens is 1. The summed E-state index contributed by atoms with van der Waals surface area (Å²) in [5, 5.41) is 12.5. The highest BCUT2D eigenvalue weighted by atomic mass is 32.1. The van der Waals surface area contributed by atoms with E-state index in [2.05, 4.69) is 17.3 Å². The predicted octanol–water partition coefficient (Wildman–Crippen LogP) is 3.91. The van der Waals surface area contributed by atoms with Gasteiger partial charge in [-0.3, -0.25) is 4.79 Å². The zero-order valence-corrected chi connectivity index (χ0v) is 12.6. The average molecular weight is 281 g/mol. The molecule has 19 heavy (non-hydrogen) atoms. The number of rotatable bonds is 5. The smallest absolute Gasteiger partial charge is 0.306 e. The largest absolute Gasteiger partial charge is 0.481 e. The number of hydrogen-bond donors (Lipinski definition) is 1. The Balaban J connectivity index is 2.04. The molecule has 1 aliphatic carbocycles. The molecule has 1 fully saturated rings. The van der Waals surface area contributed by atoms with E-state index in [1.807, 2.05) is 6.92 Å². The molecule has 0 radical (unpaired) electrons. The fourth-order valence-electron chi connectivity index (χ4n) is 3.30.